The third kappa shape index (κ3) is 1.60. The SMILES string of the molecule is O=c1[nH]c2c(O)cccc2n1-c1ccc(Br)s1. The number of aromatic hydroxyl groups is 1. The van der Waals surface area contributed by atoms with Gasteiger partial charge in [0, 0.05) is 0 Å². The molecule has 0 amide bonds. The van der Waals surface area contributed by atoms with Gasteiger partial charge in [-0.3, -0.25) is 4.57 Å². The van der Waals surface area contributed by atoms with Gasteiger partial charge in [0.05, 0.1) is 9.30 Å². The maximum absolute atomic E-state index is 11.9. The fraction of sp³-hybridized carbons (Fsp3) is 0. The number of aromatic amines is 1. The van der Waals surface area contributed by atoms with Crippen molar-refractivity contribution in [2.75, 3.05) is 0 Å². The summed E-state index contributed by atoms with van der Waals surface area (Å²) in [5, 5.41) is 10.5. The first kappa shape index (κ1) is 10.6. The minimum absolute atomic E-state index is 0.0778. The molecule has 1 aromatic carbocycles. The van der Waals surface area contributed by atoms with Gasteiger partial charge in [-0.05, 0) is 40.2 Å². The average molecular weight is 311 g/mol. The smallest absolute Gasteiger partial charge is 0.331 e. The maximum atomic E-state index is 11.9. The summed E-state index contributed by atoms with van der Waals surface area (Å²) < 4.78 is 2.50. The molecule has 2 N–H and O–H groups in total. The Morgan fingerprint density at radius 1 is 1.29 bits per heavy atom. The Morgan fingerprint density at radius 3 is 2.82 bits per heavy atom. The first-order chi connectivity index (χ1) is 8.16. The van der Waals surface area contributed by atoms with Gasteiger partial charge in [0.15, 0.2) is 0 Å². The number of para-hydroxylation sites is 1. The largest absolute Gasteiger partial charge is 0.506 e. The number of nitrogens with one attached hydrogen (secondary N) is 1. The second-order valence-corrected chi connectivity index (χ2v) is 5.96. The van der Waals surface area contributed by atoms with E-state index in [-0.39, 0.29) is 11.4 Å². The van der Waals surface area contributed by atoms with Crippen LogP contribution in [-0.2, 0) is 0 Å². The monoisotopic (exact) mass is 310 g/mol. The molecule has 0 bridgehead atoms. The Balaban J connectivity index is 2.40. The van der Waals surface area contributed by atoms with Crippen LogP contribution in [0.2, 0.25) is 0 Å². The predicted octanol–water partition coefficient (Wildman–Crippen LogP) is 2.85. The number of nitrogens with zero attached hydrogens (tertiary/aromatic N) is 1. The van der Waals surface area contributed by atoms with Gasteiger partial charge in [-0.2, -0.15) is 0 Å². The van der Waals surface area contributed by atoms with Crippen molar-refractivity contribution >= 4 is 38.3 Å². The van der Waals surface area contributed by atoms with Crippen LogP contribution in [0.15, 0.2) is 38.9 Å². The minimum Gasteiger partial charge on any atom is -0.506 e. The number of halogens is 1. The zero-order chi connectivity index (χ0) is 12.0. The standard InChI is InChI=1S/C11H7BrN2O2S/c12-8-4-5-9(17-8)14-6-2-1-3-7(15)10(6)13-11(14)16/h1-5,15H,(H,13,16). The third-order valence-corrected chi connectivity index (χ3v) is 4.08. The van der Waals surface area contributed by atoms with E-state index in [1.165, 1.54) is 11.3 Å². The van der Waals surface area contributed by atoms with E-state index in [0.29, 0.717) is 11.0 Å². The van der Waals surface area contributed by atoms with E-state index in [1.807, 2.05) is 12.1 Å². The molecule has 0 spiro atoms. The normalized spacial score (nSPS) is 11.1. The lowest BCUT2D eigenvalue weighted by atomic mass is 10.3. The fourth-order valence-electron chi connectivity index (χ4n) is 1.76. The summed E-state index contributed by atoms with van der Waals surface area (Å²) in [7, 11) is 0. The third-order valence-electron chi connectivity index (χ3n) is 2.48. The van der Waals surface area contributed by atoms with E-state index in [0.717, 1.165) is 8.79 Å². The maximum Gasteiger partial charge on any atom is 0.331 e. The van der Waals surface area contributed by atoms with Crippen molar-refractivity contribution in [2.45, 2.75) is 0 Å². The Hall–Kier alpha value is -1.53. The van der Waals surface area contributed by atoms with Crippen molar-refractivity contribution in [3.8, 4) is 10.8 Å². The highest BCUT2D eigenvalue weighted by atomic mass is 79.9. The number of rotatable bonds is 1. The van der Waals surface area contributed by atoms with Gasteiger partial charge in [0.1, 0.15) is 16.3 Å². The van der Waals surface area contributed by atoms with E-state index in [9.17, 15) is 9.90 Å². The molecule has 6 heteroatoms. The highest BCUT2D eigenvalue weighted by Crippen LogP contribution is 2.28. The Labute approximate surface area is 108 Å². The summed E-state index contributed by atoms with van der Waals surface area (Å²) in [4.78, 5) is 14.5. The lowest BCUT2D eigenvalue weighted by molar-refractivity contribution is 0.480. The molecule has 0 radical (unpaired) electrons. The number of hydrogen-bond acceptors (Lipinski definition) is 3. The molecule has 0 fully saturated rings. The molecular weight excluding hydrogens is 304 g/mol. The topological polar surface area (TPSA) is 58.0 Å². The van der Waals surface area contributed by atoms with Gasteiger partial charge in [0.25, 0.3) is 0 Å². The highest BCUT2D eigenvalue weighted by molar-refractivity contribution is 9.11. The van der Waals surface area contributed by atoms with Crippen LogP contribution in [0.25, 0.3) is 16.0 Å². The number of hydrogen-bond donors (Lipinski definition) is 2. The van der Waals surface area contributed by atoms with Crippen LogP contribution < -0.4 is 5.69 Å². The van der Waals surface area contributed by atoms with Gasteiger partial charge < -0.3 is 10.1 Å². The van der Waals surface area contributed by atoms with Gasteiger partial charge in [-0.1, -0.05) is 6.07 Å². The summed E-state index contributed by atoms with van der Waals surface area (Å²) in [6, 6.07) is 8.79. The zero-order valence-corrected chi connectivity index (χ0v) is 10.9. The molecule has 0 saturated carbocycles. The van der Waals surface area contributed by atoms with Crippen LogP contribution in [0.1, 0.15) is 0 Å². The summed E-state index contributed by atoms with van der Waals surface area (Å²) in [6.07, 6.45) is 0. The molecule has 0 atom stereocenters. The first-order valence-electron chi connectivity index (χ1n) is 4.85. The van der Waals surface area contributed by atoms with E-state index in [1.54, 1.807) is 22.8 Å². The highest BCUT2D eigenvalue weighted by Gasteiger charge is 2.12. The van der Waals surface area contributed by atoms with Crippen molar-refractivity contribution < 1.29 is 5.11 Å². The average Bonchev–Trinajstić information content (AvgIpc) is 2.82. The number of benzene rings is 1. The van der Waals surface area contributed by atoms with Gasteiger partial charge in [-0.25, -0.2) is 4.79 Å². The molecule has 0 saturated heterocycles. The van der Waals surface area contributed by atoms with Crippen molar-refractivity contribution in [3.63, 3.8) is 0 Å². The lowest BCUT2D eigenvalue weighted by Gasteiger charge is -1.99. The molecule has 3 rings (SSSR count). The van der Waals surface area contributed by atoms with Crippen molar-refractivity contribution in [1.82, 2.24) is 9.55 Å². The van der Waals surface area contributed by atoms with Crippen LogP contribution in [0.3, 0.4) is 0 Å². The van der Waals surface area contributed by atoms with Crippen LogP contribution in [0.4, 0.5) is 0 Å². The molecule has 2 aromatic heterocycles. The second-order valence-electron chi connectivity index (χ2n) is 3.51. The fourth-order valence-corrected chi connectivity index (χ4v) is 3.13. The molecule has 3 aromatic rings. The van der Waals surface area contributed by atoms with Gasteiger partial charge >= 0.3 is 5.69 Å². The quantitative estimate of drug-likeness (QED) is 0.726. The summed E-state index contributed by atoms with van der Waals surface area (Å²) in [6.45, 7) is 0. The van der Waals surface area contributed by atoms with Crippen molar-refractivity contribution in [1.29, 1.82) is 0 Å². The van der Waals surface area contributed by atoms with Crippen LogP contribution in [0.5, 0.6) is 5.75 Å². The number of phenolic OH excluding ortho intramolecular Hbond substituents is 1. The summed E-state index contributed by atoms with van der Waals surface area (Å²) in [5.74, 6) is 0.0778. The summed E-state index contributed by atoms with van der Waals surface area (Å²) >= 11 is 4.82. The van der Waals surface area contributed by atoms with Crippen molar-refractivity contribution in [3.05, 3.63) is 44.6 Å². The minimum atomic E-state index is -0.254. The molecule has 0 aliphatic carbocycles. The van der Waals surface area contributed by atoms with E-state index in [4.69, 9.17) is 0 Å². The predicted molar refractivity (Wildman–Crippen MR) is 71.1 cm³/mol. The van der Waals surface area contributed by atoms with Crippen LogP contribution >= 0.6 is 27.3 Å². The van der Waals surface area contributed by atoms with Crippen molar-refractivity contribution in [2.24, 2.45) is 0 Å². The Morgan fingerprint density at radius 2 is 2.12 bits per heavy atom. The molecule has 0 unspecified atom stereocenters. The van der Waals surface area contributed by atoms with E-state index >= 15 is 0 Å². The molecule has 0 aliphatic rings. The molecular formula is C11H7BrN2O2S. The lowest BCUT2D eigenvalue weighted by Crippen LogP contribution is -2.13. The number of fused-ring (bicyclic) bond motifs is 1. The molecule has 17 heavy (non-hydrogen) atoms. The van der Waals surface area contributed by atoms with Gasteiger partial charge in [-0.15, -0.1) is 11.3 Å². The number of H-pyrrole nitrogens is 1. The van der Waals surface area contributed by atoms with Gasteiger partial charge in [0.2, 0.25) is 0 Å². The number of thiophene rings is 1. The van der Waals surface area contributed by atoms with Crippen LogP contribution in [0, 0.1) is 0 Å². The number of aromatic nitrogens is 2. The molecule has 4 nitrogen and oxygen atoms in total. The zero-order valence-electron chi connectivity index (χ0n) is 8.48. The summed E-state index contributed by atoms with van der Waals surface area (Å²) in [5.41, 5.74) is 0.877. The van der Waals surface area contributed by atoms with Crippen LogP contribution in [-0.4, -0.2) is 14.7 Å². The Kier molecular flexibility index (Phi) is 2.34. The first-order valence-corrected chi connectivity index (χ1v) is 6.46. The van der Waals surface area contributed by atoms with E-state index in [2.05, 4.69) is 20.9 Å². The molecule has 0 aliphatic heterocycles. The number of imidazole rings is 1. The van der Waals surface area contributed by atoms with E-state index < -0.39 is 0 Å². The molecule has 86 valence electrons. The second kappa shape index (κ2) is 3.75. The number of phenols is 1. The Bertz CT molecular complexity index is 756. The molecule has 2 heterocycles.